The molecule has 2 rings (SSSR count). The summed E-state index contributed by atoms with van der Waals surface area (Å²) in [7, 11) is 0. The van der Waals surface area contributed by atoms with Crippen molar-refractivity contribution in [3.63, 3.8) is 0 Å². The van der Waals surface area contributed by atoms with Crippen LogP contribution in [0.25, 0.3) is 0 Å². The summed E-state index contributed by atoms with van der Waals surface area (Å²) in [5, 5.41) is 15.1. The molecule has 1 aromatic heterocycles. The van der Waals surface area contributed by atoms with Crippen LogP contribution in [0.1, 0.15) is 23.0 Å². The molecule has 100 valence electrons. The fourth-order valence-electron chi connectivity index (χ4n) is 2.11. The van der Waals surface area contributed by atoms with Gasteiger partial charge in [0.1, 0.15) is 11.9 Å². The maximum Gasteiger partial charge on any atom is 0.230 e. The lowest BCUT2D eigenvalue weighted by Gasteiger charge is -2.15. The first-order valence-electron chi connectivity index (χ1n) is 5.87. The molecule has 0 radical (unpaired) electrons. The molecule has 0 saturated carbocycles. The highest BCUT2D eigenvalue weighted by molar-refractivity contribution is 5.22. The zero-order chi connectivity index (χ0) is 14.0. The van der Waals surface area contributed by atoms with Crippen LogP contribution < -0.4 is 0 Å². The average molecular weight is 263 g/mol. The van der Waals surface area contributed by atoms with Gasteiger partial charge in [0.15, 0.2) is 0 Å². The molecule has 0 N–H and O–H groups in total. The van der Waals surface area contributed by atoms with Crippen molar-refractivity contribution in [2.75, 3.05) is 6.54 Å². The van der Waals surface area contributed by atoms with Crippen molar-refractivity contribution >= 4 is 0 Å². The van der Waals surface area contributed by atoms with Crippen molar-refractivity contribution in [2.45, 2.75) is 19.9 Å². The molecule has 0 amide bonds. The second-order valence-corrected chi connectivity index (χ2v) is 4.45. The Hall–Kier alpha value is -2.24. The molecular formula is C13H14FN3O2. The summed E-state index contributed by atoms with van der Waals surface area (Å²) in [6, 6.07) is 7.04. The maximum absolute atomic E-state index is 12.9. The molecule has 6 heteroatoms. The van der Waals surface area contributed by atoms with E-state index in [0.717, 1.165) is 11.4 Å². The zero-order valence-corrected chi connectivity index (χ0v) is 10.7. The Morgan fingerprint density at radius 3 is 2.47 bits per heavy atom. The van der Waals surface area contributed by atoms with E-state index in [0.29, 0.717) is 5.56 Å². The van der Waals surface area contributed by atoms with Gasteiger partial charge in [-0.1, -0.05) is 12.1 Å². The molecule has 0 fully saturated rings. The largest absolute Gasteiger partial charge is 0.264 e. The standard InChI is InChI=1S/C13H14FN3O2/c1-9-7-10(2)17(15-9)13(8-16(18)19)11-3-5-12(14)6-4-11/h3-7,13H,8H2,1-2H3. The summed E-state index contributed by atoms with van der Waals surface area (Å²) < 4.78 is 14.6. The van der Waals surface area contributed by atoms with E-state index in [2.05, 4.69) is 5.10 Å². The van der Waals surface area contributed by atoms with E-state index in [4.69, 9.17) is 0 Å². The lowest BCUT2D eigenvalue weighted by atomic mass is 10.1. The molecule has 0 bridgehead atoms. The summed E-state index contributed by atoms with van der Waals surface area (Å²) >= 11 is 0. The fraction of sp³-hybridized carbons (Fsp3) is 0.308. The van der Waals surface area contributed by atoms with E-state index in [1.165, 1.54) is 12.1 Å². The van der Waals surface area contributed by atoms with Gasteiger partial charge < -0.3 is 0 Å². The number of hydrogen-bond donors (Lipinski definition) is 0. The maximum atomic E-state index is 12.9. The van der Waals surface area contributed by atoms with Crippen LogP contribution in [-0.4, -0.2) is 21.2 Å². The summed E-state index contributed by atoms with van der Waals surface area (Å²) in [5.74, 6) is -0.364. The molecule has 0 aliphatic heterocycles. The Kier molecular flexibility index (Phi) is 3.59. The van der Waals surface area contributed by atoms with Crippen molar-refractivity contribution in [2.24, 2.45) is 0 Å². The Morgan fingerprint density at radius 1 is 1.37 bits per heavy atom. The molecule has 1 unspecified atom stereocenters. The summed E-state index contributed by atoms with van der Waals surface area (Å²) in [6.07, 6.45) is 0. The van der Waals surface area contributed by atoms with Gasteiger partial charge >= 0.3 is 0 Å². The molecule has 19 heavy (non-hydrogen) atoms. The molecular weight excluding hydrogens is 249 g/mol. The van der Waals surface area contributed by atoms with Gasteiger partial charge in [-0.3, -0.25) is 14.8 Å². The predicted octanol–water partition coefficient (Wildman–Crippen LogP) is 2.51. The molecule has 0 spiro atoms. The zero-order valence-electron chi connectivity index (χ0n) is 10.7. The number of rotatable bonds is 4. The number of halogens is 1. The minimum Gasteiger partial charge on any atom is -0.264 e. The highest BCUT2D eigenvalue weighted by atomic mass is 19.1. The van der Waals surface area contributed by atoms with E-state index in [9.17, 15) is 14.5 Å². The summed E-state index contributed by atoms with van der Waals surface area (Å²) in [6.45, 7) is 3.39. The van der Waals surface area contributed by atoms with Gasteiger partial charge in [-0.05, 0) is 37.6 Å². The molecule has 1 atom stereocenters. The minimum atomic E-state index is -0.524. The number of hydrogen-bond acceptors (Lipinski definition) is 3. The molecule has 2 aromatic rings. The van der Waals surface area contributed by atoms with E-state index in [-0.39, 0.29) is 17.3 Å². The second-order valence-electron chi connectivity index (χ2n) is 4.45. The SMILES string of the molecule is Cc1cc(C)n(C(C[N+](=O)[O-])c2ccc(F)cc2)n1. The van der Waals surface area contributed by atoms with Crippen LogP contribution in [0.3, 0.4) is 0 Å². The second kappa shape index (κ2) is 5.17. The Balaban J connectivity index is 2.43. The van der Waals surface area contributed by atoms with Crippen LogP contribution in [0.15, 0.2) is 30.3 Å². The van der Waals surface area contributed by atoms with Gasteiger partial charge in [0.05, 0.1) is 5.69 Å². The van der Waals surface area contributed by atoms with Crippen LogP contribution >= 0.6 is 0 Å². The van der Waals surface area contributed by atoms with Crippen LogP contribution in [0, 0.1) is 29.8 Å². The van der Waals surface area contributed by atoms with Crippen molar-refractivity contribution in [1.29, 1.82) is 0 Å². The van der Waals surface area contributed by atoms with Crippen molar-refractivity contribution < 1.29 is 9.31 Å². The Morgan fingerprint density at radius 2 is 2.00 bits per heavy atom. The first-order valence-corrected chi connectivity index (χ1v) is 5.87. The van der Waals surface area contributed by atoms with E-state index in [1.54, 1.807) is 16.8 Å². The van der Waals surface area contributed by atoms with Crippen molar-refractivity contribution in [1.82, 2.24) is 9.78 Å². The lowest BCUT2D eigenvalue weighted by Crippen LogP contribution is -2.22. The highest BCUT2D eigenvalue weighted by Gasteiger charge is 2.22. The van der Waals surface area contributed by atoms with Gasteiger partial charge in [0.25, 0.3) is 0 Å². The third kappa shape index (κ3) is 2.96. The summed E-state index contributed by atoms with van der Waals surface area (Å²) in [4.78, 5) is 10.4. The van der Waals surface area contributed by atoms with Crippen LogP contribution in [0.2, 0.25) is 0 Å². The molecule has 0 aliphatic rings. The Labute approximate surface area is 109 Å². The normalized spacial score (nSPS) is 12.4. The van der Waals surface area contributed by atoms with E-state index < -0.39 is 6.04 Å². The molecule has 5 nitrogen and oxygen atoms in total. The first kappa shape index (κ1) is 13.2. The van der Waals surface area contributed by atoms with Crippen LogP contribution in [0.5, 0.6) is 0 Å². The van der Waals surface area contributed by atoms with Crippen molar-refractivity contribution in [3.8, 4) is 0 Å². The number of benzene rings is 1. The number of nitrogens with zero attached hydrogens (tertiary/aromatic N) is 3. The first-order chi connectivity index (χ1) is 8.97. The van der Waals surface area contributed by atoms with Crippen LogP contribution in [0.4, 0.5) is 4.39 Å². The third-order valence-corrected chi connectivity index (χ3v) is 2.92. The van der Waals surface area contributed by atoms with E-state index >= 15 is 0 Å². The van der Waals surface area contributed by atoms with Gasteiger partial charge in [0.2, 0.25) is 6.54 Å². The van der Waals surface area contributed by atoms with Gasteiger partial charge in [-0.2, -0.15) is 5.10 Å². The predicted molar refractivity (Wildman–Crippen MR) is 68.1 cm³/mol. The number of aryl methyl sites for hydroxylation is 2. The average Bonchev–Trinajstić information content (AvgIpc) is 2.66. The lowest BCUT2D eigenvalue weighted by molar-refractivity contribution is -0.484. The topological polar surface area (TPSA) is 61.0 Å². The molecule has 0 aliphatic carbocycles. The Bertz CT molecular complexity index is 592. The summed E-state index contributed by atoms with van der Waals surface area (Å²) in [5.41, 5.74) is 2.31. The van der Waals surface area contributed by atoms with Gasteiger partial charge in [-0.15, -0.1) is 0 Å². The molecule has 1 heterocycles. The third-order valence-electron chi connectivity index (χ3n) is 2.92. The van der Waals surface area contributed by atoms with Gasteiger partial charge in [-0.25, -0.2) is 4.39 Å². The van der Waals surface area contributed by atoms with Crippen LogP contribution in [-0.2, 0) is 0 Å². The van der Waals surface area contributed by atoms with Crippen molar-refractivity contribution in [3.05, 3.63) is 63.2 Å². The molecule has 0 saturated heterocycles. The fourth-order valence-corrected chi connectivity index (χ4v) is 2.11. The monoisotopic (exact) mass is 263 g/mol. The smallest absolute Gasteiger partial charge is 0.230 e. The number of aromatic nitrogens is 2. The molecule has 1 aromatic carbocycles. The van der Waals surface area contributed by atoms with Gasteiger partial charge in [0, 0.05) is 10.6 Å². The number of nitro groups is 1. The highest BCUT2D eigenvalue weighted by Crippen LogP contribution is 2.21. The minimum absolute atomic E-state index is 0.284. The quantitative estimate of drug-likeness (QED) is 0.629. The van der Waals surface area contributed by atoms with E-state index in [1.807, 2.05) is 19.9 Å².